The minimum absolute atomic E-state index is 0.0818. The normalized spacial score (nSPS) is 12.1. The first kappa shape index (κ1) is 16.7. The molecule has 0 aliphatic carbocycles. The summed E-state index contributed by atoms with van der Waals surface area (Å²) in [5.41, 5.74) is 1.45. The van der Waals surface area contributed by atoms with Crippen LogP contribution in [0.5, 0.6) is 0 Å². The maximum atomic E-state index is 10.9. The quantitative estimate of drug-likeness (QED) is 0.440. The first-order valence-electron chi connectivity index (χ1n) is 7.86. The van der Waals surface area contributed by atoms with Crippen LogP contribution in [0.15, 0.2) is 30.3 Å². The van der Waals surface area contributed by atoms with Gasteiger partial charge in [-0.2, -0.15) is 0 Å². The number of unbranched alkanes of at least 4 members (excludes halogenated alkanes) is 5. The molecule has 1 aromatic carbocycles. The highest BCUT2D eigenvalue weighted by molar-refractivity contribution is 5.68. The van der Waals surface area contributed by atoms with E-state index in [1.807, 2.05) is 0 Å². The number of carbonyl (C=O) groups is 1. The maximum absolute atomic E-state index is 10.9. The molecule has 112 valence electrons. The topological polar surface area (TPSA) is 26.3 Å². The molecule has 1 atom stereocenters. The summed E-state index contributed by atoms with van der Waals surface area (Å²) in [5, 5.41) is 0. The van der Waals surface area contributed by atoms with Crippen LogP contribution in [0.3, 0.4) is 0 Å². The molecule has 0 fully saturated rings. The van der Waals surface area contributed by atoms with E-state index in [4.69, 9.17) is 0 Å². The van der Waals surface area contributed by atoms with E-state index in [1.165, 1.54) is 44.8 Å². The van der Waals surface area contributed by atoms with Crippen LogP contribution in [-0.2, 0) is 9.53 Å². The fourth-order valence-corrected chi connectivity index (χ4v) is 2.48. The predicted molar refractivity (Wildman–Crippen MR) is 83.8 cm³/mol. The molecule has 0 spiro atoms. The van der Waals surface area contributed by atoms with Crippen LogP contribution in [0.2, 0.25) is 0 Å². The summed E-state index contributed by atoms with van der Waals surface area (Å²) in [4.78, 5) is 10.9. The fraction of sp³-hybridized carbons (Fsp3) is 0.611. The number of ether oxygens (including phenoxy) is 1. The van der Waals surface area contributed by atoms with Crippen molar-refractivity contribution in [3.63, 3.8) is 0 Å². The number of benzene rings is 1. The Labute approximate surface area is 123 Å². The Balaban J connectivity index is 1.96. The fourth-order valence-electron chi connectivity index (χ4n) is 2.48. The average molecular weight is 276 g/mol. The highest BCUT2D eigenvalue weighted by Crippen LogP contribution is 2.21. The van der Waals surface area contributed by atoms with Gasteiger partial charge in [0.2, 0.25) is 0 Å². The molecule has 2 heteroatoms. The number of methoxy groups -OCH3 is 1. The lowest BCUT2D eigenvalue weighted by atomic mass is 9.95. The molecule has 0 amide bonds. The van der Waals surface area contributed by atoms with Gasteiger partial charge in [0.25, 0.3) is 0 Å². The predicted octanol–water partition coefficient (Wildman–Crippen LogP) is 5.08. The lowest BCUT2D eigenvalue weighted by Gasteiger charge is -2.11. The van der Waals surface area contributed by atoms with E-state index >= 15 is 0 Å². The molecular weight excluding hydrogens is 248 g/mol. The summed E-state index contributed by atoms with van der Waals surface area (Å²) < 4.78 is 4.62. The Kier molecular flexibility index (Phi) is 8.77. The lowest BCUT2D eigenvalue weighted by molar-refractivity contribution is -0.140. The zero-order chi connectivity index (χ0) is 14.6. The van der Waals surface area contributed by atoms with Crippen LogP contribution in [0.1, 0.15) is 69.8 Å². The Bertz CT molecular complexity index is 359. The average Bonchev–Trinajstić information content (AvgIpc) is 2.50. The van der Waals surface area contributed by atoms with Crippen molar-refractivity contribution in [2.24, 2.45) is 0 Å². The van der Waals surface area contributed by atoms with E-state index in [1.54, 1.807) is 0 Å². The minimum atomic E-state index is -0.0818. The Morgan fingerprint density at radius 1 is 1.00 bits per heavy atom. The highest BCUT2D eigenvalue weighted by atomic mass is 16.5. The van der Waals surface area contributed by atoms with Crippen molar-refractivity contribution in [2.45, 2.75) is 64.2 Å². The first-order valence-corrected chi connectivity index (χ1v) is 7.86. The molecule has 0 aliphatic rings. The molecule has 0 aliphatic heterocycles. The van der Waals surface area contributed by atoms with Gasteiger partial charge in [-0.25, -0.2) is 0 Å². The lowest BCUT2D eigenvalue weighted by Crippen LogP contribution is -1.99. The standard InChI is InChI=1S/C18H28O2/c1-16(17-13-9-7-10-14-17)12-8-5-3-4-6-11-15-18(19)20-2/h7,9-10,13-14,16H,3-6,8,11-12,15H2,1-2H3/t16-/m1/s1. The van der Waals surface area contributed by atoms with Gasteiger partial charge in [0.1, 0.15) is 0 Å². The third-order valence-electron chi connectivity index (χ3n) is 3.86. The molecule has 2 nitrogen and oxygen atoms in total. The second-order valence-corrected chi connectivity index (χ2v) is 5.55. The third kappa shape index (κ3) is 7.32. The van der Waals surface area contributed by atoms with E-state index in [9.17, 15) is 4.79 Å². The van der Waals surface area contributed by atoms with Crippen molar-refractivity contribution in [3.05, 3.63) is 35.9 Å². The Morgan fingerprint density at radius 2 is 1.60 bits per heavy atom. The van der Waals surface area contributed by atoms with Crippen LogP contribution in [0, 0.1) is 0 Å². The molecule has 0 bridgehead atoms. The number of rotatable bonds is 10. The molecular formula is C18H28O2. The Hall–Kier alpha value is -1.31. The van der Waals surface area contributed by atoms with Gasteiger partial charge in [-0.05, 0) is 24.3 Å². The Morgan fingerprint density at radius 3 is 2.25 bits per heavy atom. The molecule has 0 radical (unpaired) electrons. The SMILES string of the molecule is COC(=O)CCCCCCCC[C@@H](C)c1ccccc1. The monoisotopic (exact) mass is 276 g/mol. The first-order chi connectivity index (χ1) is 9.74. The molecule has 0 unspecified atom stereocenters. The summed E-state index contributed by atoms with van der Waals surface area (Å²) in [5.74, 6) is 0.581. The second kappa shape index (κ2) is 10.5. The van der Waals surface area contributed by atoms with Crippen molar-refractivity contribution >= 4 is 5.97 Å². The number of hydrogen-bond donors (Lipinski definition) is 0. The van der Waals surface area contributed by atoms with Crippen molar-refractivity contribution in [2.75, 3.05) is 7.11 Å². The van der Waals surface area contributed by atoms with Gasteiger partial charge in [0.15, 0.2) is 0 Å². The molecule has 0 saturated carbocycles. The summed E-state index contributed by atoms with van der Waals surface area (Å²) in [6.07, 6.45) is 9.06. The van der Waals surface area contributed by atoms with Crippen LogP contribution in [-0.4, -0.2) is 13.1 Å². The number of carbonyl (C=O) groups excluding carboxylic acids is 1. The molecule has 0 saturated heterocycles. The van der Waals surface area contributed by atoms with Crippen molar-refractivity contribution < 1.29 is 9.53 Å². The largest absolute Gasteiger partial charge is 0.469 e. The zero-order valence-electron chi connectivity index (χ0n) is 12.9. The zero-order valence-corrected chi connectivity index (χ0v) is 12.9. The van der Waals surface area contributed by atoms with E-state index in [-0.39, 0.29) is 5.97 Å². The summed E-state index contributed by atoms with van der Waals surface area (Å²) in [6.45, 7) is 2.31. The summed E-state index contributed by atoms with van der Waals surface area (Å²) >= 11 is 0. The van der Waals surface area contributed by atoms with Gasteiger partial charge >= 0.3 is 5.97 Å². The van der Waals surface area contributed by atoms with Crippen LogP contribution < -0.4 is 0 Å². The molecule has 0 heterocycles. The van der Waals surface area contributed by atoms with Crippen molar-refractivity contribution in [1.82, 2.24) is 0 Å². The van der Waals surface area contributed by atoms with Crippen LogP contribution >= 0.6 is 0 Å². The van der Waals surface area contributed by atoms with Gasteiger partial charge in [-0.3, -0.25) is 4.79 Å². The number of hydrogen-bond acceptors (Lipinski definition) is 2. The number of esters is 1. The van der Waals surface area contributed by atoms with Gasteiger partial charge in [0.05, 0.1) is 7.11 Å². The molecule has 1 rings (SSSR count). The van der Waals surface area contributed by atoms with Crippen molar-refractivity contribution in [3.8, 4) is 0 Å². The second-order valence-electron chi connectivity index (χ2n) is 5.55. The molecule has 1 aromatic rings. The van der Waals surface area contributed by atoms with E-state index in [2.05, 4.69) is 42.0 Å². The highest BCUT2D eigenvalue weighted by Gasteiger charge is 2.04. The summed E-state index contributed by atoms with van der Waals surface area (Å²) in [6, 6.07) is 10.7. The van der Waals surface area contributed by atoms with E-state index in [0.717, 1.165) is 12.8 Å². The van der Waals surface area contributed by atoms with Gasteiger partial charge in [0, 0.05) is 6.42 Å². The van der Waals surface area contributed by atoms with Gasteiger partial charge < -0.3 is 4.74 Å². The van der Waals surface area contributed by atoms with Crippen LogP contribution in [0.4, 0.5) is 0 Å². The van der Waals surface area contributed by atoms with Gasteiger partial charge in [-0.15, -0.1) is 0 Å². The smallest absolute Gasteiger partial charge is 0.305 e. The van der Waals surface area contributed by atoms with Crippen molar-refractivity contribution in [1.29, 1.82) is 0 Å². The molecule has 20 heavy (non-hydrogen) atoms. The maximum Gasteiger partial charge on any atom is 0.305 e. The molecule has 0 aromatic heterocycles. The molecule has 0 N–H and O–H groups in total. The van der Waals surface area contributed by atoms with Crippen LogP contribution in [0.25, 0.3) is 0 Å². The third-order valence-corrected chi connectivity index (χ3v) is 3.86. The van der Waals surface area contributed by atoms with E-state index in [0.29, 0.717) is 12.3 Å². The summed E-state index contributed by atoms with van der Waals surface area (Å²) in [7, 11) is 1.45. The minimum Gasteiger partial charge on any atom is -0.469 e. The van der Waals surface area contributed by atoms with Gasteiger partial charge in [-0.1, -0.05) is 69.4 Å². The van der Waals surface area contributed by atoms with E-state index < -0.39 is 0 Å².